The van der Waals surface area contributed by atoms with Gasteiger partial charge in [0.05, 0.1) is 11.6 Å². The van der Waals surface area contributed by atoms with E-state index in [9.17, 15) is 13.5 Å². The molecule has 1 aliphatic heterocycles. The molecular formula is C11H13Cl2NO4S. The number of rotatable bonds is 3. The summed E-state index contributed by atoms with van der Waals surface area (Å²) < 4.78 is 25.9. The molecule has 8 heteroatoms. The smallest absolute Gasteiger partial charge is 0.244 e. The van der Waals surface area contributed by atoms with Crippen molar-refractivity contribution in [2.24, 2.45) is 0 Å². The van der Waals surface area contributed by atoms with Crippen LogP contribution in [0.1, 0.15) is 6.42 Å². The average Bonchev–Trinajstić information content (AvgIpc) is 2.73. The predicted octanol–water partition coefficient (Wildman–Crippen LogP) is 1.11. The monoisotopic (exact) mass is 325 g/mol. The number of hydrogen-bond acceptors (Lipinski definition) is 4. The van der Waals surface area contributed by atoms with Gasteiger partial charge in [0.2, 0.25) is 10.0 Å². The number of hydrogen-bond donors (Lipinski definition) is 2. The molecule has 1 fully saturated rings. The third kappa shape index (κ3) is 2.89. The van der Waals surface area contributed by atoms with Crippen molar-refractivity contribution in [1.29, 1.82) is 0 Å². The molecule has 0 aliphatic carbocycles. The molecule has 1 saturated heterocycles. The maximum Gasteiger partial charge on any atom is 0.244 e. The molecule has 1 atom stereocenters. The minimum atomic E-state index is -3.80. The van der Waals surface area contributed by atoms with Gasteiger partial charge in [0.15, 0.2) is 0 Å². The molecule has 2 rings (SSSR count). The van der Waals surface area contributed by atoms with Crippen molar-refractivity contribution < 1.29 is 18.6 Å². The lowest BCUT2D eigenvalue weighted by molar-refractivity contribution is -0.000733. The summed E-state index contributed by atoms with van der Waals surface area (Å²) in [6.07, 6.45) is 0.188. The number of sulfonamides is 1. The number of β-amino-alcohol motifs (C(OH)–C–C–N with tert-alkyl or cyclic N) is 1. The molecule has 106 valence electrons. The van der Waals surface area contributed by atoms with Crippen molar-refractivity contribution in [3.05, 3.63) is 28.2 Å². The Balaban J connectivity index is 2.34. The van der Waals surface area contributed by atoms with Crippen molar-refractivity contribution in [3.63, 3.8) is 0 Å². The zero-order valence-electron chi connectivity index (χ0n) is 9.88. The van der Waals surface area contributed by atoms with Gasteiger partial charge in [0.1, 0.15) is 10.5 Å². The second-order valence-electron chi connectivity index (χ2n) is 4.55. The van der Waals surface area contributed by atoms with Gasteiger partial charge in [-0.3, -0.25) is 0 Å². The van der Waals surface area contributed by atoms with Crippen LogP contribution in [0, 0.1) is 0 Å². The molecule has 1 unspecified atom stereocenters. The first-order valence-corrected chi connectivity index (χ1v) is 7.76. The van der Waals surface area contributed by atoms with Crippen LogP contribution in [-0.2, 0) is 10.0 Å². The fourth-order valence-corrected chi connectivity index (χ4v) is 4.24. The van der Waals surface area contributed by atoms with E-state index >= 15 is 0 Å². The molecule has 1 aliphatic rings. The average molecular weight is 326 g/mol. The van der Waals surface area contributed by atoms with E-state index in [0.717, 1.165) is 4.31 Å². The number of halogens is 2. The Hall–Kier alpha value is -0.370. The Morgan fingerprint density at radius 1 is 1.37 bits per heavy atom. The van der Waals surface area contributed by atoms with Crippen molar-refractivity contribution >= 4 is 33.2 Å². The van der Waals surface area contributed by atoms with Gasteiger partial charge >= 0.3 is 0 Å². The summed E-state index contributed by atoms with van der Waals surface area (Å²) in [7, 11) is -3.80. The number of aliphatic hydroxyl groups is 2. The topological polar surface area (TPSA) is 77.8 Å². The Labute approximate surface area is 121 Å². The molecule has 19 heavy (non-hydrogen) atoms. The summed E-state index contributed by atoms with van der Waals surface area (Å²) in [5.74, 6) is 0. The van der Waals surface area contributed by atoms with E-state index < -0.39 is 22.2 Å². The summed E-state index contributed by atoms with van der Waals surface area (Å²) >= 11 is 11.6. The van der Waals surface area contributed by atoms with Crippen molar-refractivity contribution in [2.45, 2.75) is 16.9 Å². The van der Waals surface area contributed by atoms with E-state index in [1.165, 1.54) is 18.2 Å². The van der Waals surface area contributed by atoms with Crippen molar-refractivity contribution in [2.75, 3.05) is 19.7 Å². The van der Waals surface area contributed by atoms with Crippen LogP contribution in [-0.4, -0.2) is 48.2 Å². The van der Waals surface area contributed by atoms with Gasteiger partial charge in [-0.2, -0.15) is 4.31 Å². The minimum Gasteiger partial charge on any atom is -0.393 e. The van der Waals surface area contributed by atoms with Crippen LogP contribution in [0.25, 0.3) is 0 Å². The maximum atomic E-state index is 12.4. The van der Waals surface area contributed by atoms with Gasteiger partial charge < -0.3 is 10.2 Å². The molecular weight excluding hydrogens is 313 g/mol. The largest absolute Gasteiger partial charge is 0.393 e. The van der Waals surface area contributed by atoms with Gasteiger partial charge in [-0.05, 0) is 24.6 Å². The molecule has 0 radical (unpaired) electrons. The molecule has 2 N–H and O–H groups in total. The summed E-state index contributed by atoms with van der Waals surface area (Å²) in [4.78, 5) is -0.0549. The van der Waals surface area contributed by atoms with E-state index in [-0.39, 0.29) is 29.4 Å². The quantitative estimate of drug-likeness (QED) is 0.872. The zero-order chi connectivity index (χ0) is 14.3. The van der Waals surface area contributed by atoms with Gasteiger partial charge in [-0.1, -0.05) is 23.2 Å². The van der Waals surface area contributed by atoms with Crippen LogP contribution in [0.5, 0.6) is 0 Å². The van der Waals surface area contributed by atoms with E-state index in [2.05, 4.69) is 0 Å². The first-order valence-electron chi connectivity index (χ1n) is 5.57. The predicted molar refractivity (Wildman–Crippen MR) is 71.9 cm³/mol. The lowest BCUT2D eigenvalue weighted by atomic mass is 10.1. The number of aliphatic hydroxyl groups excluding tert-OH is 1. The Bertz CT molecular complexity index is 592. The fourth-order valence-electron chi connectivity index (χ4n) is 1.98. The normalized spacial score (nSPS) is 24.8. The summed E-state index contributed by atoms with van der Waals surface area (Å²) in [6, 6.07) is 4.12. The van der Waals surface area contributed by atoms with Crippen LogP contribution in [0.4, 0.5) is 0 Å². The molecule has 0 bridgehead atoms. The van der Waals surface area contributed by atoms with Gasteiger partial charge in [0, 0.05) is 18.1 Å². The van der Waals surface area contributed by atoms with Crippen LogP contribution in [0.2, 0.25) is 10.0 Å². The number of nitrogens with zero attached hydrogens (tertiary/aromatic N) is 1. The molecule has 0 aromatic heterocycles. The zero-order valence-corrected chi connectivity index (χ0v) is 12.2. The fraction of sp³-hybridized carbons (Fsp3) is 0.455. The van der Waals surface area contributed by atoms with Gasteiger partial charge in [-0.25, -0.2) is 8.42 Å². The second-order valence-corrected chi connectivity index (χ2v) is 7.30. The van der Waals surface area contributed by atoms with E-state index in [0.29, 0.717) is 5.02 Å². The van der Waals surface area contributed by atoms with E-state index in [1.54, 1.807) is 0 Å². The van der Waals surface area contributed by atoms with Crippen molar-refractivity contribution in [1.82, 2.24) is 4.31 Å². The molecule has 1 aromatic rings. The van der Waals surface area contributed by atoms with Crippen LogP contribution >= 0.6 is 23.2 Å². The van der Waals surface area contributed by atoms with Crippen LogP contribution in [0.15, 0.2) is 23.1 Å². The first kappa shape index (κ1) is 15.0. The molecule has 0 amide bonds. The van der Waals surface area contributed by atoms with Crippen LogP contribution in [0.3, 0.4) is 0 Å². The highest BCUT2D eigenvalue weighted by molar-refractivity contribution is 7.89. The second kappa shape index (κ2) is 5.20. The first-order chi connectivity index (χ1) is 8.78. The third-order valence-corrected chi connectivity index (χ3v) is 5.67. The lowest BCUT2D eigenvalue weighted by Gasteiger charge is -2.21. The molecule has 0 spiro atoms. The lowest BCUT2D eigenvalue weighted by Crippen LogP contribution is -2.38. The highest BCUT2D eigenvalue weighted by Crippen LogP contribution is 2.31. The van der Waals surface area contributed by atoms with Crippen molar-refractivity contribution in [3.8, 4) is 0 Å². The standard InChI is InChI=1S/C11H13Cl2NO4S/c12-8-1-2-10(9(13)5-8)19(17,18)14-4-3-11(16,6-14)7-15/h1-2,5,15-16H,3-4,6-7H2. The molecule has 1 aromatic carbocycles. The third-order valence-electron chi connectivity index (χ3n) is 3.10. The minimum absolute atomic E-state index is 0.0342. The molecule has 1 heterocycles. The Kier molecular flexibility index (Phi) is 4.11. The molecule has 5 nitrogen and oxygen atoms in total. The summed E-state index contributed by atoms with van der Waals surface area (Å²) in [5.41, 5.74) is -1.38. The summed E-state index contributed by atoms with van der Waals surface area (Å²) in [5, 5.41) is 19.3. The SMILES string of the molecule is O=S(=O)(c1ccc(Cl)cc1Cl)N1CCC(O)(CO)C1. The van der Waals surface area contributed by atoms with E-state index in [4.69, 9.17) is 28.3 Å². The summed E-state index contributed by atoms with van der Waals surface area (Å²) in [6.45, 7) is -0.490. The molecule has 0 saturated carbocycles. The Morgan fingerprint density at radius 3 is 2.58 bits per heavy atom. The maximum absolute atomic E-state index is 12.4. The van der Waals surface area contributed by atoms with E-state index in [1.807, 2.05) is 0 Å². The number of benzene rings is 1. The Morgan fingerprint density at radius 2 is 2.05 bits per heavy atom. The highest BCUT2D eigenvalue weighted by Gasteiger charge is 2.41. The van der Waals surface area contributed by atoms with Crippen LogP contribution < -0.4 is 0 Å². The highest BCUT2D eigenvalue weighted by atomic mass is 35.5. The van der Waals surface area contributed by atoms with Gasteiger partial charge in [-0.15, -0.1) is 0 Å². The van der Waals surface area contributed by atoms with Gasteiger partial charge in [0.25, 0.3) is 0 Å².